The summed E-state index contributed by atoms with van der Waals surface area (Å²) in [7, 11) is 0. The van der Waals surface area contributed by atoms with Crippen molar-refractivity contribution in [2.75, 3.05) is 6.54 Å². The third kappa shape index (κ3) is 4.66. The van der Waals surface area contributed by atoms with Crippen LogP contribution in [-0.2, 0) is 13.1 Å². The Morgan fingerprint density at radius 1 is 1.15 bits per heavy atom. The number of nitrogens with zero attached hydrogens (tertiary/aromatic N) is 2. The summed E-state index contributed by atoms with van der Waals surface area (Å²) in [4.78, 5) is 14.6. The van der Waals surface area contributed by atoms with Gasteiger partial charge in [-0.25, -0.2) is 4.39 Å². The summed E-state index contributed by atoms with van der Waals surface area (Å²) in [6.07, 6.45) is 3.61. The molecule has 0 aliphatic heterocycles. The van der Waals surface area contributed by atoms with Crippen LogP contribution < -0.4 is 0 Å². The van der Waals surface area contributed by atoms with Crippen LogP contribution in [0, 0.1) is 5.82 Å². The molecular weight excluding hydrogens is 363 g/mol. The molecule has 0 radical (unpaired) electrons. The SMILES string of the molecule is C=CCN(Cc1cccn1Cc1cccc(F)c1)C(=O)c1ccccc1Cl. The summed E-state index contributed by atoms with van der Waals surface area (Å²) in [5, 5.41) is 0.423. The van der Waals surface area contributed by atoms with E-state index in [2.05, 4.69) is 6.58 Å². The molecule has 0 fully saturated rings. The van der Waals surface area contributed by atoms with E-state index in [1.807, 2.05) is 29.0 Å². The van der Waals surface area contributed by atoms with Gasteiger partial charge in [-0.15, -0.1) is 6.58 Å². The topological polar surface area (TPSA) is 25.2 Å². The molecule has 0 saturated carbocycles. The van der Waals surface area contributed by atoms with Crippen LogP contribution in [0.4, 0.5) is 4.39 Å². The second kappa shape index (κ2) is 8.69. The number of benzene rings is 2. The molecule has 2 aromatic carbocycles. The highest BCUT2D eigenvalue weighted by atomic mass is 35.5. The Labute approximate surface area is 163 Å². The molecule has 0 spiro atoms. The van der Waals surface area contributed by atoms with Gasteiger partial charge in [0, 0.05) is 25.0 Å². The maximum absolute atomic E-state index is 13.5. The van der Waals surface area contributed by atoms with Crippen molar-refractivity contribution >= 4 is 17.5 Å². The van der Waals surface area contributed by atoms with E-state index in [9.17, 15) is 9.18 Å². The maximum atomic E-state index is 13.5. The molecule has 0 unspecified atom stereocenters. The Bertz CT molecular complexity index is 951. The fourth-order valence-corrected chi connectivity index (χ4v) is 3.17. The van der Waals surface area contributed by atoms with Crippen LogP contribution in [0.3, 0.4) is 0 Å². The Morgan fingerprint density at radius 2 is 1.96 bits per heavy atom. The lowest BCUT2D eigenvalue weighted by atomic mass is 10.2. The van der Waals surface area contributed by atoms with Crippen molar-refractivity contribution in [2.24, 2.45) is 0 Å². The van der Waals surface area contributed by atoms with Crippen LogP contribution in [-0.4, -0.2) is 21.9 Å². The van der Waals surface area contributed by atoms with Gasteiger partial charge >= 0.3 is 0 Å². The third-order valence-electron chi connectivity index (χ3n) is 4.26. The van der Waals surface area contributed by atoms with Crippen molar-refractivity contribution in [2.45, 2.75) is 13.1 Å². The number of hydrogen-bond acceptors (Lipinski definition) is 1. The fourth-order valence-electron chi connectivity index (χ4n) is 2.95. The average Bonchev–Trinajstić information content (AvgIpc) is 3.08. The zero-order valence-corrected chi connectivity index (χ0v) is 15.6. The van der Waals surface area contributed by atoms with E-state index in [4.69, 9.17) is 11.6 Å². The first-order valence-corrected chi connectivity index (χ1v) is 8.99. The lowest BCUT2D eigenvalue weighted by Gasteiger charge is -2.23. The molecule has 3 rings (SSSR count). The maximum Gasteiger partial charge on any atom is 0.256 e. The van der Waals surface area contributed by atoms with Gasteiger partial charge in [0.2, 0.25) is 0 Å². The Balaban J connectivity index is 1.82. The minimum atomic E-state index is -0.261. The quantitative estimate of drug-likeness (QED) is 0.518. The van der Waals surface area contributed by atoms with Crippen LogP contribution in [0.1, 0.15) is 21.6 Å². The van der Waals surface area contributed by atoms with Gasteiger partial charge in [-0.05, 0) is 42.0 Å². The van der Waals surface area contributed by atoms with E-state index in [1.165, 1.54) is 12.1 Å². The van der Waals surface area contributed by atoms with E-state index in [0.717, 1.165) is 11.3 Å². The van der Waals surface area contributed by atoms with Crippen molar-refractivity contribution < 1.29 is 9.18 Å². The largest absolute Gasteiger partial charge is 0.345 e. The van der Waals surface area contributed by atoms with Crippen LogP contribution in [0.5, 0.6) is 0 Å². The smallest absolute Gasteiger partial charge is 0.256 e. The van der Waals surface area contributed by atoms with Crippen molar-refractivity contribution in [3.63, 3.8) is 0 Å². The molecule has 0 N–H and O–H groups in total. The standard InChI is InChI=1S/C22H20ClFN2O/c1-2-12-26(22(27)20-10-3-4-11-21(20)23)16-19-9-6-13-25(19)15-17-7-5-8-18(24)14-17/h2-11,13-14H,1,12,15-16H2. The fraction of sp³-hybridized carbons (Fsp3) is 0.136. The Hall–Kier alpha value is -2.85. The van der Waals surface area contributed by atoms with E-state index in [1.54, 1.807) is 41.3 Å². The van der Waals surface area contributed by atoms with Gasteiger partial charge < -0.3 is 9.47 Å². The molecular formula is C22H20ClFN2O. The molecule has 0 saturated heterocycles. The minimum Gasteiger partial charge on any atom is -0.345 e. The molecule has 0 atom stereocenters. The molecule has 27 heavy (non-hydrogen) atoms. The Kier molecular flexibility index (Phi) is 6.09. The first-order valence-electron chi connectivity index (χ1n) is 8.61. The first kappa shape index (κ1) is 18.9. The van der Waals surface area contributed by atoms with Crippen molar-refractivity contribution in [3.05, 3.63) is 107 Å². The number of rotatable bonds is 7. The van der Waals surface area contributed by atoms with E-state index < -0.39 is 0 Å². The average molecular weight is 383 g/mol. The van der Waals surface area contributed by atoms with Crippen LogP contribution >= 0.6 is 11.6 Å². The van der Waals surface area contributed by atoms with Crippen LogP contribution in [0.25, 0.3) is 0 Å². The van der Waals surface area contributed by atoms with Gasteiger partial charge in [0.25, 0.3) is 5.91 Å². The number of carbonyl (C=O) groups is 1. The molecule has 0 aliphatic carbocycles. The Morgan fingerprint density at radius 3 is 2.70 bits per heavy atom. The second-order valence-electron chi connectivity index (χ2n) is 6.21. The summed E-state index contributed by atoms with van der Waals surface area (Å²) < 4.78 is 15.5. The predicted octanol–water partition coefficient (Wildman–Crippen LogP) is 5.16. The molecule has 138 valence electrons. The number of hydrogen-bond donors (Lipinski definition) is 0. The zero-order valence-electron chi connectivity index (χ0n) is 14.8. The van der Waals surface area contributed by atoms with Crippen molar-refractivity contribution in [3.8, 4) is 0 Å². The van der Waals surface area contributed by atoms with Crippen molar-refractivity contribution in [1.29, 1.82) is 0 Å². The number of aromatic nitrogens is 1. The molecule has 0 bridgehead atoms. The van der Waals surface area contributed by atoms with Crippen LogP contribution in [0.2, 0.25) is 5.02 Å². The molecule has 1 heterocycles. The number of amides is 1. The molecule has 0 aliphatic rings. The monoisotopic (exact) mass is 382 g/mol. The van der Waals surface area contributed by atoms with Gasteiger partial charge in [-0.3, -0.25) is 4.79 Å². The summed E-state index contributed by atoms with van der Waals surface area (Å²) >= 11 is 6.18. The van der Waals surface area contributed by atoms with Crippen molar-refractivity contribution in [1.82, 2.24) is 9.47 Å². The normalized spacial score (nSPS) is 10.6. The molecule has 3 nitrogen and oxygen atoms in total. The second-order valence-corrected chi connectivity index (χ2v) is 6.62. The lowest BCUT2D eigenvalue weighted by molar-refractivity contribution is 0.0759. The molecule has 1 amide bonds. The first-order chi connectivity index (χ1) is 13.1. The van der Waals surface area contributed by atoms with E-state index in [-0.39, 0.29) is 11.7 Å². The highest BCUT2D eigenvalue weighted by Crippen LogP contribution is 2.19. The third-order valence-corrected chi connectivity index (χ3v) is 4.59. The summed E-state index contributed by atoms with van der Waals surface area (Å²) in [5.41, 5.74) is 2.27. The predicted molar refractivity (Wildman–Crippen MR) is 106 cm³/mol. The van der Waals surface area contributed by atoms with Gasteiger partial charge in [-0.1, -0.05) is 41.9 Å². The highest BCUT2D eigenvalue weighted by molar-refractivity contribution is 6.33. The van der Waals surface area contributed by atoms with Crippen LogP contribution in [0.15, 0.2) is 79.5 Å². The van der Waals surface area contributed by atoms with Gasteiger partial charge in [0.15, 0.2) is 0 Å². The van der Waals surface area contributed by atoms with E-state index >= 15 is 0 Å². The number of carbonyl (C=O) groups excluding carboxylic acids is 1. The molecule has 5 heteroatoms. The summed E-state index contributed by atoms with van der Waals surface area (Å²) in [5.74, 6) is -0.414. The molecule has 3 aromatic rings. The summed E-state index contributed by atoms with van der Waals surface area (Å²) in [6.45, 7) is 5.08. The number of halogens is 2. The van der Waals surface area contributed by atoms with Gasteiger partial charge in [-0.2, -0.15) is 0 Å². The van der Waals surface area contributed by atoms with Gasteiger partial charge in [0.1, 0.15) is 5.82 Å². The van der Waals surface area contributed by atoms with E-state index in [0.29, 0.717) is 30.2 Å². The highest BCUT2D eigenvalue weighted by Gasteiger charge is 2.18. The lowest BCUT2D eigenvalue weighted by Crippen LogP contribution is -2.31. The molecule has 1 aromatic heterocycles. The minimum absolute atomic E-state index is 0.154. The summed E-state index contributed by atoms with van der Waals surface area (Å²) in [6, 6.07) is 17.4. The zero-order chi connectivity index (χ0) is 19.2. The van der Waals surface area contributed by atoms with Gasteiger partial charge in [0.05, 0.1) is 17.1 Å².